The first kappa shape index (κ1) is 20.6. The van der Waals surface area contributed by atoms with E-state index in [4.69, 9.17) is 14.2 Å². The number of nitrogens with zero attached hydrogens (tertiary/aromatic N) is 1. The van der Waals surface area contributed by atoms with E-state index in [9.17, 15) is 14.4 Å². The lowest BCUT2D eigenvalue weighted by atomic mass is 10.1. The molecule has 0 spiro atoms. The first-order chi connectivity index (χ1) is 12.5. The summed E-state index contributed by atoms with van der Waals surface area (Å²) in [4.78, 5) is 37.8. The van der Waals surface area contributed by atoms with E-state index in [1.165, 1.54) is 0 Å². The van der Waals surface area contributed by atoms with Crippen LogP contribution in [0.25, 0.3) is 0 Å². The van der Waals surface area contributed by atoms with E-state index in [1.807, 2.05) is 0 Å². The number of hydrogen-bond acceptors (Lipinski definition) is 6. The first-order valence-electron chi connectivity index (χ1n) is 9.45. The third-order valence-electron chi connectivity index (χ3n) is 4.65. The third-order valence-corrected chi connectivity index (χ3v) is 4.65. The zero-order valence-corrected chi connectivity index (χ0v) is 15.7. The molecule has 2 aliphatic heterocycles. The number of piperidine rings is 1. The molecule has 2 fully saturated rings. The molecule has 0 saturated carbocycles. The van der Waals surface area contributed by atoms with Crippen molar-refractivity contribution < 1.29 is 28.6 Å². The Morgan fingerprint density at radius 1 is 1.15 bits per heavy atom. The summed E-state index contributed by atoms with van der Waals surface area (Å²) in [6, 6.07) is -0.632. The molecule has 0 aromatic heterocycles. The Labute approximate surface area is 154 Å². The highest BCUT2D eigenvalue weighted by molar-refractivity contribution is 5.88. The molecule has 8 nitrogen and oxygen atoms in total. The van der Waals surface area contributed by atoms with Crippen LogP contribution in [-0.4, -0.2) is 73.8 Å². The number of likely N-dealkylation sites (tertiary alicyclic amines) is 1. The lowest BCUT2D eigenvalue weighted by Crippen LogP contribution is -2.49. The molecule has 148 valence electrons. The van der Waals surface area contributed by atoms with Gasteiger partial charge in [0.25, 0.3) is 5.91 Å². The molecular formula is C18H30N2O6. The molecule has 2 aliphatic rings. The standard InChI is InChI=1S/C18H30N2O6/c1-13(17(22)20-8-4-3-5-9-20)19-16(21)12-26-18(23)14(2)25-11-15-7-6-10-24-15/h13-15H,3-12H2,1-2H3,(H,19,21). The lowest BCUT2D eigenvalue weighted by molar-refractivity contribution is -0.160. The monoisotopic (exact) mass is 370 g/mol. The van der Waals surface area contributed by atoms with Gasteiger partial charge in [0, 0.05) is 19.7 Å². The minimum absolute atomic E-state index is 0.0233. The maximum absolute atomic E-state index is 12.3. The Morgan fingerprint density at radius 3 is 2.54 bits per heavy atom. The summed E-state index contributed by atoms with van der Waals surface area (Å²) in [5, 5.41) is 2.58. The second kappa shape index (κ2) is 10.5. The molecule has 3 atom stereocenters. The van der Waals surface area contributed by atoms with Crippen LogP contribution in [0.2, 0.25) is 0 Å². The van der Waals surface area contributed by atoms with E-state index in [0.29, 0.717) is 6.61 Å². The number of rotatable bonds is 8. The number of hydrogen-bond donors (Lipinski definition) is 1. The number of esters is 1. The number of amides is 2. The zero-order valence-electron chi connectivity index (χ0n) is 15.7. The van der Waals surface area contributed by atoms with Gasteiger partial charge in [0.05, 0.1) is 12.7 Å². The van der Waals surface area contributed by atoms with Gasteiger partial charge < -0.3 is 24.4 Å². The van der Waals surface area contributed by atoms with E-state index in [1.54, 1.807) is 18.7 Å². The maximum atomic E-state index is 12.3. The molecular weight excluding hydrogens is 340 g/mol. The Bertz CT molecular complexity index is 486. The van der Waals surface area contributed by atoms with Crippen molar-refractivity contribution in [3.8, 4) is 0 Å². The van der Waals surface area contributed by atoms with Crippen molar-refractivity contribution in [2.24, 2.45) is 0 Å². The van der Waals surface area contributed by atoms with E-state index >= 15 is 0 Å². The van der Waals surface area contributed by atoms with Crippen molar-refractivity contribution >= 4 is 17.8 Å². The highest BCUT2D eigenvalue weighted by Gasteiger charge is 2.25. The number of ether oxygens (including phenoxy) is 3. The van der Waals surface area contributed by atoms with Gasteiger partial charge in [0.1, 0.15) is 6.04 Å². The topological polar surface area (TPSA) is 94.2 Å². The molecule has 2 heterocycles. The van der Waals surface area contributed by atoms with Crippen LogP contribution in [0.15, 0.2) is 0 Å². The van der Waals surface area contributed by atoms with Crippen LogP contribution in [-0.2, 0) is 28.6 Å². The van der Waals surface area contributed by atoms with Crippen molar-refractivity contribution in [1.29, 1.82) is 0 Å². The SMILES string of the molecule is CC(NC(=O)COC(=O)C(C)OCC1CCCO1)C(=O)N1CCCCC1. The van der Waals surface area contributed by atoms with Crippen molar-refractivity contribution in [1.82, 2.24) is 10.2 Å². The summed E-state index contributed by atoms with van der Waals surface area (Å²) >= 11 is 0. The predicted molar refractivity (Wildman–Crippen MR) is 93.4 cm³/mol. The smallest absolute Gasteiger partial charge is 0.335 e. The molecule has 2 amide bonds. The average molecular weight is 370 g/mol. The Hall–Kier alpha value is -1.67. The van der Waals surface area contributed by atoms with Crippen molar-refractivity contribution in [3.63, 3.8) is 0 Å². The van der Waals surface area contributed by atoms with Gasteiger partial charge in [-0.15, -0.1) is 0 Å². The third kappa shape index (κ3) is 6.57. The van der Waals surface area contributed by atoms with Crippen LogP contribution >= 0.6 is 0 Å². The van der Waals surface area contributed by atoms with E-state index < -0.39 is 30.6 Å². The van der Waals surface area contributed by atoms with Gasteiger partial charge in [-0.3, -0.25) is 9.59 Å². The summed E-state index contributed by atoms with van der Waals surface area (Å²) < 4.78 is 15.8. The van der Waals surface area contributed by atoms with Crippen LogP contribution in [0.5, 0.6) is 0 Å². The number of carbonyl (C=O) groups excluding carboxylic acids is 3. The largest absolute Gasteiger partial charge is 0.454 e. The molecule has 0 aliphatic carbocycles. The second-order valence-electron chi connectivity index (χ2n) is 6.89. The molecule has 2 rings (SSSR count). The number of nitrogens with one attached hydrogen (secondary N) is 1. The minimum Gasteiger partial charge on any atom is -0.454 e. The quantitative estimate of drug-likeness (QED) is 0.630. The Morgan fingerprint density at radius 2 is 1.88 bits per heavy atom. The van der Waals surface area contributed by atoms with Gasteiger partial charge >= 0.3 is 5.97 Å². The van der Waals surface area contributed by atoms with Gasteiger partial charge in [-0.05, 0) is 46.0 Å². The second-order valence-corrected chi connectivity index (χ2v) is 6.89. The summed E-state index contributed by atoms with van der Waals surface area (Å²) in [5.41, 5.74) is 0. The summed E-state index contributed by atoms with van der Waals surface area (Å²) in [5.74, 6) is -1.20. The van der Waals surface area contributed by atoms with Crippen molar-refractivity contribution in [3.05, 3.63) is 0 Å². The van der Waals surface area contributed by atoms with Crippen LogP contribution in [0.4, 0.5) is 0 Å². The molecule has 0 radical (unpaired) electrons. The molecule has 0 aromatic rings. The fraction of sp³-hybridized carbons (Fsp3) is 0.833. The highest BCUT2D eigenvalue weighted by atomic mass is 16.6. The fourth-order valence-electron chi connectivity index (χ4n) is 3.08. The molecule has 26 heavy (non-hydrogen) atoms. The predicted octanol–water partition coefficient (Wildman–Crippen LogP) is 0.631. The fourth-order valence-corrected chi connectivity index (χ4v) is 3.08. The van der Waals surface area contributed by atoms with E-state index in [2.05, 4.69) is 5.32 Å². The van der Waals surface area contributed by atoms with Crippen LogP contribution in [0.3, 0.4) is 0 Å². The van der Waals surface area contributed by atoms with Crippen molar-refractivity contribution in [2.45, 2.75) is 64.2 Å². The molecule has 8 heteroatoms. The van der Waals surface area contributed by atoms with Crippen molar-refractivity contribution in [2.75, 3.05) is 32.9 Å². The molecule has 3 unspecified atom stereocenters. The lowest BCUT2D eigenvalue weighted by Gasteiger charge is -2.29. The van der Waals surface area contributed by atoms with E-state index in [0.717, 1.165) is 51.8 Å². The van der Waals surface area contributed by atoms with Gasteiger partial charge in [-0.1, -0.05) is 0 Å². The molecule has 2 saturated heterocycles. The first-order valence-corrected chi connectivity index (χ1v) is 9.45. The van der Waals surface area contributed by atoms with Gasteiger partial charge in [-0.2, -0.15) is 0 Å². The van der Waals surface area contributed by atoms with Gasteiger partial charge in [-0.25, -0.2) is 4.79 Å². The summed E-state index contributed by atoms with van der Waals surface area (Å²) in [6.45, 7) is 5.32. The highest BCUT2D eigenvalue weighted by Crippen LogP contribution is 2.13. The van der Waals surface area contributed by atoms with E-state index in [-0.39, 0.29) is 12.0 Å². The van der Waals surface area contributed by atoms with Crippen LogP contribution in [0, 0.1) is 0 Å². The maximum Gasteiger partial charge on any atom is 0.335 e. The molecule has 0 aromatic carbocycles. The summed E-state index contributed by atoms with van der Waals surface area (Å²) in [6.07, 6.45) is 4.30. The Kier molecular flexibility index (Phi) is 8.31. The number of carbonyl (C=O) groups is 3. The normalized spacial score (nSPS) is 22.5. The molecule has 0 bridgehead atoms. The van der Waals surface area contributed by atoms with Gasteiger partial charge in [0.2, 0.25) is 5.91 Å². The van der Waals surface area contributed by atoms with Gasteiger partial charge in [0.15, 0.2) is 12.7 Å². The minimum atomic E-state index is -0.764. The summed E-state index contributed by atoms with van der Waals surface area (Å²) in [7, 11) is 0. The zero-order chi connectivity index (χ0) is 18.9. The van der Waals surface area contributed by atoms with Crippen LogP contribution in [0.1, 0.15) is 46.0 Å². The molecule has 1 N–H and O–H groups in total. The average Bonchev–Trinajstić information content (AvgIpc) is 3.17. The Balaban J connectivity index is 1.63. The van der Waals surface area contributed by atoms with Crippen LogP contribution < -0.4 is 5.32 Å².